The van der Waals surface area contributed by atoms with E-state index in [0.29, 0.717) is 5.56 Å². The highest BCUT2D eigenvalue weighted by atomic mass is 16.5. The van der Waals surface area contributed by atoms with Crippen LogP contribution in [0.15, 0.2) is 66.7 Å². The largest absolute Gasteiger partial charge is 0.465 e. The molecule has 0 bridgehead atoms. The molecular formula is C21H24O3. The number of rotatable bonds is 7. The zero-order valence-corrected chi connectivity index (χ0v) is 14.2. The third-order valence-corrected chi connectivity index (χ3v) is 4.19. The molecule has 2 aromatic carbocycles. The van der Waals surface area contributed by atoms with Crippen molar-refractivity contribution in [2.75, 3.05) is 13.7 Å². The number of aliphatic hydroxyl groups excluding tert-OH is 1. The molecule has 2 atom stereocenters. The van der Waals surface area contributed by atoms with Crippen LogP contribution in [0.2, 0.25) is 0 Å². The van der Waals surface area contributed by atoms with Crippen LogP contribution in [-0.4, -0.2) is 24.8 Å². The normalized spacial score (nSPS) is 13.6. The van der Waals surface area contributed by atoms with Crippen molar-refractivity contribution in [1.82, 2.24) is 0 Å². The first-order chi connectivity index (χ1) is 11.7. The van der Waals surface area contributed by atoms with E-state index in [1.165, 1.54) is 7.11 Å². The molecule has 3 nitrogen and oxygen atoms in total. The second-order valence-corrected chi connectivity index (χ2v) is 5.86. The molecule has 2 rings (SSSR count). The molecule has 0 aliphatic carbocycles. The van der Waals surface area contributed by atoms with Gasteiger partial charge in [-0.1, -0.05) is 61.5 Å². The summed E-state index contributed by atoms with van der Waals surface area (Å²) in [5.74, 6) is 0.0431. The molecular weight excluding hydrogens is 300 g/mol. The first-order valence-electron chi connectivity index (χ1n) is 8.16. The van der Waals surface area contributed by atoms with Gasteiger partial charge < -0.3 is 9.84 Å². The van der Waals surface area contributed by atoms with Gasteiger partial charge in [0.1, 0.15) is 0 Å². The highest BCUT2D eigenvalue weighted by Gasteiger charge is 2.09. The first-order valence-corrected chi connectivity index (χ1v) is 8.16. The highest BCUT2D eigenvalue weighted by Crippen LogP contribution is 2.22. The van der Waals surface area contributed by atoms with Crippen molar-refractivity contribution in [2.45, 2.75) is 25.2 Å². The Labute approximate surface area is 143 Å². The fraction of sp³-hybridized carbons (Fsp3) is 0.286. The third kappa shape index (κ3) is 4.80. The van der Waals surface area contributed by atoms with Gasteiger partial charge >= 0.3 is 5.97 Å². The van der Waals surface area contributed by atoms with Crippen LogP contribution in [-0.2, 0) is 4.74 Å². The molecule has 0 saturated heterocycles. The van der Waals surface area contributed by atoms with Crippen LogP contribution in [0, 0.1) is 0 Å². The van der Waals surface area contributed by atoms with Crippen LogP contribution in [0.25, 0.3) is 0 Å². The second kappa shape index (κ2) is 9.04. The van der Waals surface area contributed by atoms with Crippen molar-refractivity contribution in [3.8, 4) is 0 Å². The minimum absolute atomic E-state index is 0.122. The number of hydrogen-bond acceptors (Lipinski definition) is 3. The van der Waals surface area contributed by atoms with Gasteiger partial charge in [0.25, 0.3) is 0 Å². The lowest BCUT2D eigenvalue weighted by Gasteiger charge is -2.13. The molecule has 0 heterocycles. The predicted molar refractivity (Wildman–Crippen MR) is 96.2 cm³/mol. The maximum Gasteiger partial charge on any atom is 0.337 e. The summed E-state index contributed by atoms with van der Waals surface area (Å²) in [6.45, 7) is 2.25. The average molecular weight is 324 g/mol. The summed E-state index contributed by atoms with van der Waals surface area (Å²) in [4.78, 5) is 11.4. The van der Waals surface area contributed by atoms with Crippen LogP contribution < -0.4 is 0 Å². The van der Waals surface area contributed by atoms with Crippen LogP contribution >= 0.6 is 0 Å². The van der Waals surface area contributed by atoms with Crippen LogP contribution in [0.3, 0.4) is 0 Å². The molecule has 0 radical (unpaired) electrons. The summed E-state index contributed by atoms with van der Waals surface area (Å²) in [5.41, 5.74) is 2.85. The van der Waals surface area contributed by atoms with E-state index in [1.807, 2.05) is 42.5 Å². The Morgan fingerprint density at radius 1 is 1.08 bits per heavy atom. The Morgan fingerprint density at radius 3 is 2.33 bits per heavy atom. The third-order valence-electron chi connectivity index (χ3n) is 4.19. The molecule has 0 saturated carbocycles. The molecule has 0 amide bonds. The standard InChI is InChI=1S/C21H24O3/c1-16(17-11-13-19(14-12-17)21(23)24-2)7-6-10-20(15-22)18-8-4-3-5-9-18/h3-9,11-14,16,20,22H,10,15H2,1-2H3/b7-6+/t16-,20-/m1/s1. The minimum Gasteiger partial charge on any atom is -0.465 e. The molecule has 3 heteroatoms. The Bertz CT molecular complexity index is 659. The van der Waals surface area contributed by atoms with Crippen molar-refractivity contribution >= 4 is 5.97 Å². The summed E-state index contributed by atoms with van der Waals surface area (Å²) in [7, 11) is 1.38. The number of benzene rings is 2. The second-order valence-electron chi connectivity index (χ2n) is 5.86. The van der Waals surface area contributed by atoms with E-state index in [4.69, 9.17) is 4.74 Å². The monoisotopic (exact) mass is 324 g/mol. The number of ether oxygens (including phenoxy) is 1. The van der Waals surface area contributed by atoms with Crippen molar-refractivity contribution in [3.05, 3.63) is 83.4 Å². The lowest BCUT2D eigenvalue weighted by atomic mass is 9.94. The summed E-state index contributed by atoms with van der Waals surface area (Å²) < 4.78 is 4.71. The fourth-order valence-electron chi connectivity index (χ4n) is 2.64. The van der Waals surface area contributed by atoms with Crippen molar-refractivity contribution < 1.29 is 14.6 Å². The molecule has 24 heavy (non-hydrogen) atoms. The van der Waals surface area contributed by atoms with Crippen molar-refractivity contribution in [3.63, 3.8) is 0 Å². The summed E-state index contributed by atoms with van der Waals surface area (Å²) >= 11 is 0. The first kappa shape index (κ1) is 18.0. The number of hydrogen-bond donors (Lipinski definition) is 1. The van der Waals surface area contributed by atoms with E-state index in [9.17, 15) is 9.90 Å². The van der Waals surface area contributed by atoms with Gasteiger partial charge in [0.15, 0.2) is 0 Å². The number of methoxy groups -OCH3 is 1. The van der Waals surface area contributed by atoms with Crippen molar-refractivity contribution in [2.24, 2.45) is 0 Å². The van der Waals surface area contributed by atoms with Gasteiger partial charge in [0, 0.05) is 5.92 Å². The van der Waals surface area contributed by atoms with Gasteiger partial charge in [0.2, 0.25) is 0 Å². The number of aliphatic hydroxyl groups is 1. The number of carbonyl (C=O) groups is 1. The molecule has 0 aliphatic heterocycles. The van der Waals surface area contributed by atoms with E-state index in [1.54, 1.807) is 12.1 Å². The molecule has 126 valence electrons. The smallest absolute Gasteiger partial charge is 0.337 e. The van der Waals surface area contributed by atoms with Gasteiger partial charge in [-0.3, -0.25) is 0 Å². The highest BCUT2D eigenvalue weighted by molar-refractivity contribution is 5.89. The molecule has 0 aliphatic rings. The van der Waals surface area contributed by atoms with Crippen LogP contribution in [0.5, 0.6) is 0 Å². The Kier molecular flexibility index (Phi) is 6.76. The number of carbonyl (C=O) groups excluding carboxylic acids is 1. The van der Waals surface area contributed by atoms with Crippen LogP contribution in [0.4, 0.5) is 0 Å². The SMILES string of the molecule is COC(=O)c1ccc([C@H](C)/C=C/C[C@H](CO)c2ccccc2)cc1. The van der Waals surface area contributed by atoms with Crippen LogP contribution in [0.1, 0.15) is 46.7 Å². The number of esters is 1. The molecule has 0 spiro atoms. The maximum absolute atomic E-state index is 11.4. The van der Waals surface area contributed by atoms with Gasteiger partial charge in [-0.15, -0.1) is 0 Å². The minimum atomic E-state index is -0.321. The van der Waals surface area contributed by atoms with Gasteiger partial charge in [0.05, 0.1) is 19.3 Å². The van der Waals surface area contributed by atoms with E-state index >= 15 is 0 Å². The predicted octanol–water partition coefficient (Wildman–Crippen LogP) is 4.30. The van der Waals surface area contributed by atoms with E-state index < -0.39 is 0 Å². The van der Waals surface area contributed by atoms with Gasteiger partial charge in [-0.05, 0) is 35.6 Å². The van der Waals surface area contributed by atoms with E-state index in [2.05, 4.69) is 19.1 Å². The lowest BCUT2D eigenvalue weighted by molar-refractivity contribution is 0.0600. The van der Waals surface area contributed by atoms with E-state index in [-0.39, 0.29) is 24.4 Å². The fourth-order valence-corrected chi connectivity index (χ4v) is 2.64. The topological polar surface area (TPSA) is 46.5 Å². The Morgan fingerprint density at radius 2 is 1.75 bits per heavy atom. The van der Waals surface area contributed by atoms with Crippen molar-refractivity contribution in [1.29, 1.82) is 0 Å². The van der Waals surface area contributed by atoms with Gasteiger partial charge in [-0.2, -0.15) is 0 Å². The Hall–Kier alpha value is -2.39. The molecule has 0 unspecified atom stereocenters. The zero-order valence-electron chi connectivity index (χ0n) is 14.2. The summed E-state index contributed by atoms with van der Waals surface area (Å²) in [6, 6.07) is 17.5. The maximum atomic E-state index is 11.4. The summed E-state index contributed by atoms with van der Waals surface area (Å²) in [6.07, 6.45) is 5.05. The van der Waals surface area contributed by atoms with Gasteiger partial charge in [-0.25, -0.2) is 4.79 Å². The van der Waals surface area contributed by atoms with E-state index in [0.717, 1.165) is 17.5 Å². The number of allylic oxidation sites excluding steroid dienone is 2. The lowest BCUT2D eigenvalue weighted by Crippen LogP contribution is -2.03. The molecule has 1 N–H and O–H groups in total. The molecule has 0 aromatic heterocycles. The summed E-state index contributed by atoms with van der Waals surface area (Å²) in [5, 5.41) is 9.59. The quantitative estimate of drug-likeness (QED) is 0.610. The average Bonchev–Trinajstić information content (AvgIpc) is 2.65. The Balaban J connectivity index is 1.97. The molecule has 0 fully saturated rings. The zero-order chi connectivity index (χ0) is 17.4. The molecule has 2 aromatic rings.